The van der Waals surface area contributed by atoms with Crippen molar-refractivity contribution in [3.63, 3.8) is 0 Å². The van der Waals surface area contributed by atoms with Gasteiger partial charge in [0, 0.05) is 0 Å². The van der Waals surface area contributed by atoms with Gasteiger partial charge in [0.2, 0.25) is 0 Å². The molecule has 2 N–H and O–H groups in total. The highest BCUT2D eigenvalue weighted by molar-refractivity contribution is 5.52. The van der Waals surface area contributed by atoms with Crippen molar-refractivity contribution in [2.75, 3.05) is 11.9 Å². The first-order valence-corrected chi connectivity index (χ1v) is 6.57. The lowest BCUT2D eigenvalue weighted by molar-refractivity contribution is 0.211. The van der Waals surface area contributed by atoms with Crippen molar-refractivity contribution >= 4 is 5.69 Å². The number of benzene rings is 2. The summed E-state index contributed by atoms with van der Waals surface area (Å²) in [6.07, 6.45) is 1.27. The molecule has 0 radical (unpaired) electrons. The van der Waals surface area contributed by atoms with Gasteiger partial charge in [-0.2, -0.15) is 0 Å². The quantitative estimate of drug-likeness (QED) is 0.901. The van der Waals surface area contributed by atoms with Gasteiger partial charge < -0.3 is 10.4 Å². The second kappa shape index (κ2) is 4.87. The molecule has 1 aliphatic rings. The van der Waals surface area contributed by atoms with Crippen LogP contribution in [0.5, 0.6) is 0 Å². The smallest absolute Gasteiger partial charge is 0.146 e. The molecular weight excluding hydrogens is 260 g/mol. The van der Waals surface area contributed by atoms with Crippen LogP contribution in [0.1, 0.15) is 17.5 Å². The summed E-state index contributed by atoms with van der Waals surface area (Å²) in [5.41, 5.74) is 1.30. The van der Waals surface area contributed by atoms with E-state index in [2.05, 4.69) is 5.32 Å². The van der Waals surface area contributed by atoms with Crippen molar-refractivity contribution in [3.05, 3.63) is 65.2 Å². The minimum absolute atomic E-state index is 0.167. The van der Waals surface area contributed by atoms with Crippen molar-refractivity contribution in [1.82, 2.24) is 0 Å². The lowest BCUT2D eigenvalue weighted by atomic mass is 9.92. The zero-order valence-electron chi connectivity index (χ0n) is 10.9. The molecule has 0 aromatic heterocycles. The maximum absolute atomic E-state index is 13.8. The van der Waals surface area contributed by atoms with E-state index in [1.807, 2.05) is 0 Å². The van der Waals surface area contributed by atoms with Crippen LogP contribution in [0, 0.1) is 11.6 Å². The maximum Gasteiger partial charge on any atom is 0.146 e. The van der Waals surface area contributed by atoms with Gasteiger partial charge >= 0.3 is 0 Å². The number of hydrogen-bond acceptors (Lipinski definition) is 2. The Hall–Kier alpha value is -1.94. The fourth-order valence-corrected chi connectivity index (χ4v) is 2.87. The van der Waals surface area contributed by atoms with Crippen molar-refractivity contribution in [3.8, 4) is 0 Å². The van der Waals surface area contributed by atoms with Gasteiger partial charge in [-0.05, 0) is 48.2 Å². The highest BCUT2D eigenvalue weighted by Gasteiger charge is 2.38. The third kappa shape index (κ3) is 2.06. The molecule has 0 spiro atoms. The third-order valence-electron chi connectivity index (χ3n) is 3.92. The van der Waals surface area contributed by atoms with Crippen LogP contribution in [0.15, 0.2) is 42.5 Å². The van der Waals surface area contributed by atoms with E-state index in [0.717, 1.165) is 11.1 Å². The average molecular weight is 275 g/mol. The lowest BCUT2D eigenvalue weighted by Gasteiger charge is -2.31. The number of aliphatic hydroxyl groups excluding tert-OH is 1. The molecule has 1 aliphatic carbocycles. The number of hydrogen-bond donors (Lipinski definition) is 2. The zero-order chi connectivity index (χ0) is 14.2. The molecule has 0 saturated heterocycles. The molecule has 1 unspecified atom stereocenters. The molecule has 0 fully saturated rings. The Bertz CT molecular complexity index is 644. The van der Waals surface area contributed by atoms with Crippen molar-refractivity contribution in [2.45, 2.75) is 18.4 Å². The average Bonchev–Trinajstić information content (AvgIpc) is 2.80. The summed E-state index contributed by atoms with van der Waals surface area (Å²) in [5.74, 6) is -0.653. The normalized spacial score (nSPS) is 20.8. The number of rotatable bonds is 3. The molecule has 0 amide bonds. The van der Waals surface area contributed by atoms with E-state index in [4.69, 9.17) is 0 Å². The Labute approximate surface area is 116 Å². The Morgan fingerprint density at radius 3 is 2.70 bits per heavy atom. The van der Waals surface area contributed by atoms with E-state index in [1.165, 1.54) is 18.2 Å². The molecule has 2 aromatic rings. The van der Waals surface area contributed by atoms with Gasteiger partial charge in [0.05, 0.1) is 17.8 Å². The van der Waals surface area contributed by atoms with Crippen LogP contribution in [-0.4, -0.2) is 11.7 Å². The molecule has 2 nitrogen and oxygen atoms in total. The van der Waals surface area contributed by atoms with E-state index in [0.29, 0.717) is 18.5 Å². The molecular formula is C16H15F2NO. The van der Waals surface area contributed by atoms with Crippen molar-refractivity contribution in [2.24, 2.45) is 0 Å². The Morgan fingerprint density at radius 1 is 1.15 bits per heavy atom. The number of para-hydroxylation sites is 1. The molecule has 0 saturated carbocycles. The lowest BCUT2D eigenvalue weighted by Crippen LogP contribution is -2.37. The molecule has 20 heavy (non-hydrogen) atoms. The van der Waals surface area contributed by atoms with Gasteiger partial charge in [0.1, 0.15) is 11.6 Å². The molecule has 2 aromatic carbocycles. The fourth-order valence-electron chi connectivity index (χ4n) is 2.87. The van der Waals surface area contributed by atoms with Gasteiger partial charge in [-0.1, -0.05) is 18.2 Å². The largest absolute Gasteiger partial charge is 0.394 e. The van der Waals surface area contributed by atoms with Crippen LogP contribution in [0.3, 0.4) is 0 Å². The van der Waals surface area contributed by atoms with Crippen LogP contribution < -0.4 is 5.32 Å². The van der Waals surface area contributed by atoms with Gasteiger partial charge in [-0.15, -0.1) is 0 Å². The predicted molar refractivity (Wildman–Crippen MR) is 73.5 cm³/mol. The second-order valence-corrected chi connectivity index (χ2v) is 5.15. The molecule has 104 valence electrons. The Balaban J connectivity index is 2.01. The first kappa shape index (κ1) is 13.1. The van der Waals surface area contributed by atoms with Crippen LogP contribution in [0.4, 0.5) is 14.5 Å². The first-order chi connectivity index (χ1) is 9.64. The number of fused-ring (bicyclic) bond motifs is 1. The Kier molecular flexibility index (Phi) is 3.18. The van der Waals surface area contributed by atoms with E-state index >= 15 is 0 Å². The highest BCUT2D eigenvalue weighted by atomic mass is 19.1. The summed E-state index contributed by atoms with van der Waals surface area (Å²) in [4.78, 5) is 0. The van der Waals surface area contributed by atoms with Gasteiger partial charge in [-0.25, -0.2) is 8.78 Å². The molecule has 0 aliphatic heterocycles. The molecule has 0 bridgehead atoms. The van der Waals surface area contributed by atoms with Crippen molar-refractivity contribution in [1.29, 1.82) is 0 Å². The van der Waals surface area contributed by atoms with E-state index < -0.39 is 5.54 Å². The summed E-state index contributed by atoms with van der Waals surface area (Å²) >= 11 is 0. The number of aryl methyl sites for hydroxylation is 1. The van der Waals surface area contributed by atoms with Crippen LogP contribution in [0.25, 0.3) is 0 Å². The molecule has 3 rings (SSSR count). The zero-order valence-corrected chi connectivity index (χ0v) is 10.9. The molecule has 0 heterocycles. The van der Waals surface area contributed by atoms with Crippen LogP contribution in [0.2, 0.25) is 0 Å². The highest BCUT2D eigenvalue weighted by Crippen LogP contribution is 2.40. The summed E-state index contributed by atoms with van der Waals surface area (Å²) in [5, 5.41) is 12.9. The standard InChI is InChI=1S/C16H15F2NO/c17-12-5-6-13-11(9-12)7-8-16(13,10-20)19-15-4-2-1-3-14(15)18/h1-6,9,19-20H,7-8,10H2. The maximum atomic E-state index is 13.8. The minimum atomic E-state index is -0.745. The van der Waals surface area contributed by atoms with Gasteiger partial charge in [-0.3, -0.25) is 0 Å². The second-order valence-electron chi connectivity index (χ2n) is 5.15. The number of anilines is 1. The van der Waals surface area contributed by atoms with Gasteiger partial charge in [0.15, 0.2) is 0 Å². The van der Waals surface area contributed by atoms with Crippen LogP contribution >= 0.6 is 0 Å². The van der Waals surface area contributed by atoms with E-state index in [1.54, 1.807) is 24.3 Å². The topological polar surface area (TPSA) is 32.3 Å². The summed E-state index contributed by atoms with van der Waals surface area (Å²) in [6, 6.07) is 10.9. The van der Waals surface area contributed by atoms with Gasteiger partial charge in [0.25, 0.3) is 0 Å². The number of aliphatic hydroxyl groups is 1. The fraction of sp³-hybridized carbons (Fsp3) is 0.250. The third-order valence-corrected chi connectivity index (χ3v) is 3.92. The molecule has 1 atom stereocenters. The molecule has 4 heteroatoms. The van der Waals surface area contributed by atoms with Crippen LogP contribution in [-0.2, 0) is 12.0 Å². The number of halogens is 2. The SMILES string of the molecule is OCC1(Nc2ccccc2F)CCc2cc(F)ccc21. The number of nitrogens with one attached hydrogen (secondary N) is 1. The monoisotopic (exact) mass is 275 g/mol. The minimum Gasteiger partial charge on any atom is -0.394 e. The summed E-state index contributed by atoms with van der Waals surface area (Å²) in [6.45, 7) is -0.167. The summed E-state index contributed by atoms with van der Waals surface area (Å²) < 4.78 is 27.1. The summed E-state index contributed by atoms with van der Waals surface area (Å²) in [7, 11) is 0. The van der Waals surface area contributed by atoms with E-state index in [-0.39, 0.29) is 18.2 Å². The van der Waals surface area contributed by atoms with E-state index in [9.17, 15) is 13.9 Å². The first-order valence-electron chi connectivity index (χ1n) is 6.57. The van der Waals surface area contributed by atoms with Crippen molar-refractivity contribution < 1.29 is 13.9 Å². The predicted octanol–water partition coefficient (Wildman–Crippen LogP) is 3.21. The Morgan fingerprint density at radius 2 is 1.95 bits per heavy atom.